The highest BCUT2D eigenvalue weighted by atomic mass is 16.5. The van der Waals surface area contributed by atoms with E-state index in [1.165, 1.54) is 4.90 Å². The second kappa shape index (κ2) is 10.8. The van der Waals surface area contributed by atoms with E-state index in [9.17, 15) is 9.59 Å². The van der Waals surface area contributed by atoms with Crippen molar-refractivity contribution in [1.82, 2.24) is 9.80 Å². The number of nitrogens with one attached hydrogen (secondary N) is 1. The van der Waals surface area contributed by atoms with Crippen LogP contribution in [-0.2, 0) is 17.8 Å². The number of fused-ring (bicyclic) bond motifs is 1. The zero-order valence-corrected chi connectivity index (χ0v) is 21.4. The molecule has 0 aromatic heterocycles. The number of benzene rings is 2. The summed E-state index contributed by atoms with van der Waals surface area (Å²) in [5.74, 6) is 1.80. The maximum atomic E-state index is 13.1. The van der Waals surface area contributed by atoms with Gasteiger partial charge < -0.3 is 24.6 Å². The van der Waals surface area contributed by atoms with Crippen molar-refractivity contribution in [3.05, 3.63) is 52.6 Å². The molecule has 7 heteroatoms. The van der Waals surface area contributed by atoms with Crippen molar-refractivity contribution in [2.45, 2.75) is 52.5 Å². The number of hydrogen-bond donors (Lipinski definition) is 1. The molecule has 0 spiro atoms. The molecule has 1 heterocycles. The monoisotopic (exact) mass is 467 g/mol. The van der Waals surface area contributed by atoms with Crippen LogP contribution in [0.15, 0.2) is 30.3 Å². The van der Waals surface area contributed by atoms with E-state index < -0.39 is 0 Å². The quantitative estimate of drug-likeness (QED) is 0.622. The largest absolute Gasteiger partial charge is 0.493 e. The number of amides is 3. The first-order chi connectivity index (χ1) is 16.2. The number of likely N-dealkylation sites (N-methyl/N-ethyl adjacent to an activating group) is 1. The van der Waals surface area contributed by atoms with Gasteiger partial charge in [-0.15, -0.1) is 0 Å². The Labute approximate surface area is 203 Å². The number of nitrogens with zero attached hydrogens (tertiary/aromatic N) is 2. The lowest BCUT2D eigenvalue weighted by Crippen LogP contribution is -2.44. The second-order valence-corrected chi connectivity index (χ2v) is 9.45. The minimum Gasteiger partial charge on any atom is -0.493 e. The van der Waals surface area contributed by atoms with Crippen molar-refractivity contribution in [3.63, 3.8) is 0 Å². The molecule has 1 aliphatic rings. The Bertz CT molecular complexity index is 1020. The number of para-hydroxylation sites is 1. The summed E-state index contributed by atoms with van der Waals surface area (Å²) >= 11 is 0. The van der Waals surface area contributed by atoms with Gasteiger partial charge in [0.15, 0.2) is 11.5 Å². The van der Waals surface area contributed by atoms with Gasteiger partial charge in [-0.25, -0.2) is 4.79 Å². The maximum absolute atomic E-state index is 13.1. The van der Waals surface area contributed by atoms with Crippen LogP contribution in [0.4, 0.5) is 10.5 Å². The Morgan fingerprint density at radius 2 is 1.56 bits per heavy atom. The fourth-order valence-corrected chi connectivity index (χ4v) is 4.37. The van der Waals surface area contributed by atoms with Crippen molar-refractivity contribution in [3.8, 4) is 11.5 Å². The summed E-state index contributed by atoms with van der Waals surface area (Å²) < 4.78 is 10.8. The van der Waals surface area contributed by atoms with Gasteiger partial charge in [-0.05, 0) is 52.6 Å². The highest BCUT2D eigenvalue weighted by Crippen LogP contribution is 2.34. The summed E-state index contributed by atoms with van der Waals surface area (Å²) in [5, 5.41) is 3.08. The smallest absolute Gasteiger partial charge is 0.322 e. The van der Waals surface area contributed by atoms with Gasteiger partial charge in [-0.3, -0.25) is 4.79 Å². The number of urea groups is 1. The summed E-state index contributed by atoms with van der Waals surface area (Å²) in [7, 11) is 4.88. The van der Waals surface area contributed by atoms with Gasteiger partial charge in [-0.1, -0.05) is 45.9 Å². The number of rotatable bonds is 7. The third-order valence-corrected chi connectivity index (χ3v) is 6.39. The molecular formula is C27H37N3O4. The lowest BCUT2D eigenvalue weighted by Gasteiger charge is -2.31. The predicted molar refractivity (Wildman–Crippen MR) is 135 cm³/mol. The molecule has 0 radical (unpaired) electrons. The first-order valence-electron chi connectivity index (χ1n) is 11.8. The van der Waals surface area contributed by atoms with Gasteiger partial charge in [0, 0.05) is 25.8 Å². The molecule has 0 fully saturated rings. The van der Waals surface area contributed by atoms with Crippen molar-refractivity contribution in [2.75, 3.05) is 39.7 Å². The third-order valence-electron chi connectivity index (χ3n) is 6.39. The maximum Gasteiger partial charge on any atom is 0.322 e. The second-order valence-electron chi connectivity index (χ2n) is 9.45. The Morgan fingerprint density at radius 3 is 2.09 bits per heavy atom. The van der Waals surface area contributed by atoms with Gasteiger partial charge in [0.05, 0.1) is 14.2 Å². The molecule has 3 amide bonds. The molecule has 0 saturated carbocycles. The summed E-state index contributed by atoms with van der Waals surface area (Å²) in [6, 6.07) is 9.75. The number of carbonyl (C=O) groups is 2. The molecule has 1 N–H and O–H groups in total. The minimum atomic E-state index is -0.285. The molecule has 2 aromatic carbocycles. The van der Waals surface area contributed by atoms with E-state index >= 15 is 0 Å². The Hall–Kier alpha value is -3.22. The lowest BCUT2D eigenvalue weighted by molar-refractivity contribution is -0.132. The molecule has 0 atom stereocenters. The van der Waals surface area contributed by atoms with Crippen LogP contribution in [0, 0.1) is 0 Å². The van der Waals surface area contributed by atoms with Crippen LogP contribution < -0.4 is 14.8 Å². The van der Waals surface area contributed by atoms with Crippen molar-refractivity contribution in [1.29, 1.82) is 0 Å². The first-order valence-corrected chi connectivity index (χ1v) is 11.8. The molecule has 0 unspecified atom stereocenters. The molecule has 34 heavy (non-hydrogen) atoms. The van der Waals surface area contributed by atoms with Crippen molar-refractivity contribution in [2.24, 2.45) is 0 Å². The van der Waals surface area contributed by atoms with Crippen LogP contribution in [0.5, 0.6) is 11.5 Å². The molecule has 3 rings (SSSR count). The fraction of sp³-hybridized carbons (Fsp3) is 0.481. The standard InChI is InChI=1S/C27H37N3O4/c1-17(2)21-9-8-10-22(18(3)4)26(21)28-27(32)29(5)16-25(31)30-12-11-19-13-23(33-6)24(34-7)14-20(19)15-30/h8-10,13-14,17-18H,11-12,15-16H2,1-7H3,(H,28,32). The zero-order chi connectivity index (χ0) is 25.0. The summed E-state index contributed by atoms with van der Waals surface area (Å²) in [4.78, 5) is 29.3. The zero-order valence-electron chi connectivity index (χ0n) is 21.4. The molecule has 0 bridgehead atoms. The molecule has 184 valence electrons. The summed E-state index contributed by atoms with van der Waals surface area (Å²) in [6.45, 7) is 9.54. The van der Waals surface area contributed by atoms with E-state index in [1.807, 2.05) is 30.3 Å². The molecule has 0 saturated heterocycles. The number of carbonyl (C=O) groups excluding carboxylic acids is 2. The first kappa shape index (κ1) is 25.4. The number of methoxy groups -OCH3 is 2. The van der Waals surface area contributed by atoms with Crippen LogP contribution in [0.3, 0.4) is 0 Å². The van der Waals surface area contributed by atoms with Gasteiger partial charge in [-0.2, -0.15) is 0 Å². The van der Waals surface area contributed by atoms with Crippen LogP contribution in [0.1, 0.15) is 61.8 Å². The summed E-state index contributed by atoms with van der Waals surface area (Å²) in [6.07, 6.45) is 0.733. The van der Waals surface area contributed by atoms with Crippen LogP contribution in [0.2, 0.25) is 0 Å². The van der Waals surface area contributed by atoms with Crippen LogP contribution in [0.25, 0.3) is 0 Å². The Morgan fingerprint density at radius 1 is 1.00 bits per heavy atom. The van der Waals surface area contributed by atoms with E-state index in [-0.39, 0.29) is 30.3 Å². The van der Waals surface area contributed by atoms with Crippen LogP contribution >= 0.6 is 0 Å². The lowest BCUT2D eigenvalue weighted by atomic mass is 9.93. The number of hydrogen-bond acceptors (Lipinski definition) is 4. The molecular weight excluding hydrogens is 430 g/mol. The fourth-order valence-electron chi connectivity index (χ4n) is 4.37. The minimum absolute atomic E-state index is 0.00924. The topological polar surface area (TPSA) is 71.1 Å². The number of ether oxygens (including phenoxy) is 2. The van der Waals surface area contributed by atoms with Gasteiger partial charge in [0.1, 0.15) is 6.54 Å². The average Bonchev–Trinajstić information content (AvgIpc) is 2.82. The van der Waals surface area contributed by atoms with Gasteiger partial charge in [0.2, 0.25) is 5.91 Å². The van der Waals surface area contributed by atoms with E-state index in [1.54, 1.807) is 26.2 Å². The summed E-state index contributed by atoms with van der Waals surface area (Å²) in [5.41, 5.74) is 5.23. The molecule has 1 aliphatic heterocycles. The predicted octanol–water partition coefficient (Wildman–Crippen LogP) is 5.00. The van der Waals surface area contributed by atoms with Gasteiger partial charge >= 0.3 is 6.03 Å². The highest BCUT2D eigenvalue weighted by molar-refractivity contribution is 5.93. The Balaban J connectivity index is 1.70. The Kier molecular flexibility index (Phi) is 8.07. The highest BCUT2D eigenvalue weighted by Gasteiger charge is 2.25. The third kappa shape index (κ3) is 5.46. The van der Waals surface area contributed by atoms with Crippen LogP contribution in [-0.4, -0.2) is 56.1 Å². The van der Waals surface area contributed by atoms with Crippen molar-refractivity contribution < 1.29 is 19.1 Å². The SMILES string of the molecule is COc1cc2c(cc1OC)CN(C(=O)CN(C)C(=O)Nc1c(C(C)C)cccc1C(C)C)CC2. The van der Waals surface area contributed by atoms with E-state index in [0.29, 0.717) is 24.6 Å². The number of anilines is 1. The van der Waals surface area contributed by atoms with E-state index in [2.05, 4.69) is 33.0 Å². The molecule has 2 aromatic rings. The van der Waals surface area contributed by atoms with Gasteiger partial charge in [0.25, 0.3) is 0 Å². The molecule has 7 nitrogen and oxygen atoms in total. The molecule has 0 aliphatic carbocycles. The van der Waals surface area contributed by atoms with E-state index in [4.69, 9.17) is 9.47 Å². The average molecular weight is 468 g/mol. The van der Waals surface area contributed by atoms with E-state index in [0.717, 1.165) is 34.4 Å². The van der Waals surface area contributed by atoms with Crippen molar-refractivity contribution >= 4 is 17.6 Å². The normalized spacial score (nSPS) is 13.0.